The van der Waals surface area contributed by atoms with Crippen molar-refractivity contribution in [1.82, 2.24) is 9.97 Å². The van der Waals surface area contributed by atoms with Gasteiger partial charge in [0.2, 0.25) is 5.88 Å². The Bertz CT molecular complexity index is 292. The third kappa shape index (κ3) is 3.42. The van der Waals surface area contributed by atoms with Crippen molar-refractivity contribution in [2.24, 2.45) is 0 Å². The molecule has 0 radical (unpaired) electrons. The first-order valence-electron chi connectivity index (χ1n) is 3.97. The minimum atomic E-state index is 0.406. The highest BCUT2D eigenvalue weighted by molar-refractivity contribution is 6.29. The molecule has 0 aromatic carbocycles. The summed E-state index contributed by atoms with van der Waals surface area (Å²) in [6.07, 6.45) is 3.81. The normalized spacial score (nSPS) is 10.7. The van der Waals surface area contributed by atoms with Crippen molar-refractivity contribution in [3.63, 3.8) is 0 Å². The van der Waals surface area contributed by atoms with Gasteiger partial charge in [0, 0.05) is 6.07 Å². The van der Waals surface area contributed by atoms with Gasteiger partial charge in [-0.25, -0.2) is 4.98 Å². The zero-order valence-electron chi connectivity index (χ0n) is 7.62. The summed E-state index contributed by atoms with van der Waals surface area (Å²) in [5.41, 5.74) is 0. The molecule has 70 valence electrons. The molecular weight excluding hydrogens is 188 g/mol. The van der Waals surface area contributed by atoms with Crippen molar-refractivity contribution in [2.45, 2.75) is 13.8 Å². The smallest absolute Gasteiger partial charge is 0.218 e. The molecule has 13 heavy (non-hydrogen) atoms. The van der Waals surface area contributed by atoms with E-state index in [9.17, 15) is 0 Å². The summed E-state index contributed by atoms with van der Waals surface area (Å²) < 4.78 is 5.29. The number of aryl methyl sites for hydroxylation is 1. The Morgan fingerprint density at radius 3 is 2.92 bits per heavy atom. The van der Waals surface area contributed by atoms with Crippen molar-refractivity contribution in [3.8, 4) is 5.88 Å². The van der Waals surface area contributed by atoms with Crippen LogP contribution in [0, 0.1) is 6.92 Å². The average Bonchev–Trinajstić information content (AvgIpc) is 2.03. The number of rotatable bonds is 3. The van der Waals surface area contributed by atoms with Crippen LogP contribution in [0.1, 0.15) is 12.7 Å². The molecule has 0 saturated carbocycles. The first-order valence-corrected chi connectivity index (χ1v) is 4.35. The van der Waals surface area contributed by atoms with Gasteiger partial charge >= 0.3 is 0 Å². The molecule has 1 aromatic heterocycles. The van der Waals surface area contributed by atoms with Gasteiger partial charge < -0.3 is 4.74 Å². The molecule has 0 N–H and O–H groups in total. The first kappa shape index (κ1) is 9.99. The summed E-state index contributed by atoms with van der Waals surface area (Å²) in [4.78, 5) is 7.97. The summed E-state index contributed by atoms with van der Waals surface area (Å²) >= 11 is 5.71. The molecule has 0 unspecified atom stereocenters. The monoisotopic (exact) mass is 198 g/mol. The molecule has 0 atom stereocenters. The fraction of sp³-hybridized carbons (Fsp3) is 0.333. The molecule has 0 spiro atoms. The Kier molecular flexibility index (Phi) is 3.71. The SMILES string of the molecule is CC=CCOc1cc(Cl)nc(C)n1. The van der Waals surface area contributed by atoms with E-state index in [-0.39, 0.29) is 0 Å². The molecule has 0 aliphatic rings. The Morgan fingerprint density at radius 1 is 1.54 bits per heavy atom. The number of aromatic nitrogens is 2. The Morgan fingerprint density at radius 2 is 2.31 bits per heavy atom. The van der Waals surface area contributed by atoms with E-state index in [4.69, 9.17) is 16.3 Å². The maximum absolute atomic E-state index is 5.71. The third-order valence-electron chi connectivity index (χ3n) is 1.35. The van der Waals surface area contributed by atoms with Crippen LogP contribution in [0.2, 0.25) is 5.15 Å². The van der Waals surface area contributed by atoms with Gasteiger partial charge in [0.05, 0.1) is 0 Å². The lowest BCUT2D eigenvalue weighted by Gasteiger charge is -2.02. The number of halogens is 1. The minimum Gasteiger partial charge on any atom is -0.473 e. The standard InChI is InChI=1S/C9H11ClN2O/c1-3-4-5-13-9-6-8(10)11-7(2)12-9/h3-4,6H,5H2,1-2H3. The van der Waals surface area contributed by atoms with Crippen LogP contribution in [-0.2, 0) is 0 Å². The zero-order chi connectivity index (χ0) is 9.68. The molecule has 0 amide bonds. The number of allylic oxidation sites excluding steroid dienone is 1. The molecule has 0 fully saturated rings. The fourth-order valence-corrected chi connectivity index (χ4v) is 1.02. The second-order valence-corrected chi connectivity index (χ2v) is 2.84. The minimum absolute atomic E-state index is 0.406. The van der Waals surface area contributed by atoms with Crippen molar-refractivity contribution in [1.29, 1.82) is 0 Å². The molecule has 1 rings (SSSR count). The Labute approximate surface area is 82.4 Å². The molecule has 3 nitrogen and oxygen atoms in total. The van der Waals surface area contributed by atoms with E-state index in [0.717, 1.165) is 0 Å². The highest BCUT2D eigenvalue weighted by Crippen LogP contribution is 2.12. The maximum Gasteiger partial charge on any atom is 0.218 e. The topological polar surface area (TPSA) is 35.0 Å². The fourth-order valence-electron chi connectivity index (χ4n) is 0.809. The maximum atomic E-state index is 5.71. The summed E-state index contributed by atoms with van der Waals surface area (Å²) in [5.74, 6) is 1.12. The second-order valence-electron chi connectivity index (χ2n) is 2.46. The highest BCUT2D eigenvalue weighted by atomic mass is 35.5. The second kappa shape index (κ2) is 4.82. The number of hydrogen-bond donors (Lipinski definition) is 0. The average molecular weight is 199 g/mol. The van der Waals surface area contributed by atoms with Crippen LogP contribution in [0.15, 0.2) is 18.2 Å². The van der Waals surface area contributed by atoms with E-state index >= 15 is 0 Å². The van der Waals surface area contributed by atoms with Crippen LogP contribution >= 0.6 is 11.6 Å². The molecule has 0 saturated heterocycles. The van der Waals surface area contributed by atoms with E-state index in [2.05, 4.69) is 9.97 Å². The molecule has 1 heterocycles. The molecular formula is C9H11ClN2O. The van der Waals surface area contributed by atoms with Gasteiger partial charge in [0.1, 0.15) is 17.6 Å². The highest BCUT2D eigenvalue weighted by Gasteiger charge is 1.98. The van der Waals surface area contributed by atoms with Crippen molar-refractivity contribution >= 4 is 11.6 Å². The van der Waals surface area contributed by atoms with Crippen molar-refractivity contribution in [3.05, 3.63) is 29.2 Å². The number of ether oxygens (including phenoxy) is 1. The van der Waals surface area contributed by atoms with Gasteiger partial charge in [-0.15, -0.1) is 0 Å². The van der Waals surface area contributed by atoms with Gasteiger partial charge in [-0.05, 0) is 13.8 Å². The zero-order valence-corrected chi connectivity index (χ0v) is 8.38. The largest absolute Gasteiger partial charge is 0.473 e. The third-order valence-corrected chi connectivity index (χ3v) is 1.54. The summed E-state index contributed by atoms with van der Waals surface area (Å²) in [6, 6.07) is 1.60. The Hall–Kier alpha value is -1.09. The molecule has 0 bridgehead atoms. The van der Waals surface area contributed by atoms with Crippen LogP contribution in [-0.4, -0.2) is 16.6 Å². The Balaban J connectivity index is 2.66. The van der Waals surface area contributed by atoms with Gasteiger partial charge in [-0.1, -0.05) is 23.8 Å². The lowest BCUT2D eigenvalue weighted by atomic mass is 10.5. The molecule has 1 aromatic rings. The predicted octanol–water partition coefficient (Wildman–Crippen LogP) is 2.39. The first-order chi connectivity index (χ1) is 6.22. The van der Waals surface area contributed by atoms with Gasteiger partial charge in [0.15, 0.2) is 0 Å². The van der Waals surface area contributed by atoms with E-state index in [1.165, 1.54) is 0 Å². The van der Waals surface area contributed by atoms with Crippen molar-refractivity contribution in [2.75, 3.05) is 6.61 Å². The van der Waals surface area contributed by atoms with Gasteiger partial charge in [-0.2, -0.15) is 4.98 Å². The molecule has 0 aliphatic carbocycles. The van der Waals surface area contributed by atoms with E-state index in [0.29, 0.717) is 23.5 Å². The predicted molar refractivity (Wildman–Crippen MR) is 52.1 cm³/mol. The van der Waals surface area contributed by atoms with E-state index in [1.54, 1.807) is 13.0 Å². The van der Waals surface area contributed by atoms with Crippen LogP contribution in [0.3, 0.4) is 0 Å². The summed E-state index contributed by atoms with van der Waals surface area (Å²) in [5, 5.41) is 0.406. The lowest BCUT2D eigenvalue weighted by molar-refractivity contribution is 0.346. The van der Waals surface area contributed by atoms with Crippen LogP contribution in [0.25, 0.3) is 0 Å². The van der Waals surface area contributed by atoms with E-state index < -0.39 is 0 Å². The molecule has 4 heteroatoms. The molecule has 0 aliphatic heterocycles. The summed E-state index contributed by atoms with van der Waals surface area (Å²) in [7, 11) is 0. The van der Waals surface area contributed by atoms with Crippen LogP contribution in [0.5, 0.6) is 5.88 Å². The summed E-state index contributed by atoms with van der Waals surface area (Å²) in [6.45, 7) is 4.21. The number of hydrogen-bond acceptors (Lipinski definition) is 3. The lowest BCUT2D eigenvalue weighted by Crippen LogP contribution is -1.98. The van der Waals surface area contributed by atoms with Gasteiger partial charge in [-0.3, -0.25) is 0 Å². The van der Waals surface area contributed by atoms with E-state index in [1.807, 2.05) is 19.1 Å². The quantitative estimate of drug-likeness (QED) is 0.553. The van der Waals surface area contributed by atoms with Crippen LogP contribution in [0.4, 0.5) is 0 Å². The number of nitrogens with zero attached hydrogens (tertiary/aromatic N) is 2. The van der Waals surface area contributed by atoms with Crippen LogP contribution < -0.4 is 4.74 Å². The van der Waals surface area contributed by atoms with Crippen molar-refractivity contribution < 1.29 is 4.74 Å². The van der Waals surface area contributed by atoms with Gasteiger partial charge in [0.25, 0.3) is 0 Å².